The van der Waals surface area contributed by atoms with Crippen molar-refractivity contribution in [2.24, 2.45) is 0 Å². The van der Waals surface area contributed by atoms with Crippen LogP contribution in [0, 0.1) is 0 Å². The zero-order valence-electron chi connectivity index (χ0n) is 16.0. The fourth-order valence-corrected chi connectivity index (χ4v) is 2.95. The highest BCUT2D eigenvalue weighted by Gasteiger charge is 2.20. The number of amides is 2. The number of pyridine rings is 1. The van der Waals surface area contributed by atoms with Crippen LogP contribution in [-0.4, -0.2) is 61.2 Å². The highest BCUT2D eigenvalue weighted by molar-refractivity contribution is 5.99. The molecule has 3 N–H and O–H groups in total. The van der Waals surface area contributed by atoms with Crippen LogP contribution < -0.4 is 25.5 Å². The molecular formula is C19H23N3O7. The first-order valence-electron chi connectivity index (χ1n) is 9.25. The summed E-state index contributed by atoms with van der Waals surface area (Å²) in [6, 6.07) is 3.29. The van der Waals surface area contributed by atoms with E-state index in [0.29, 0.717) is 28.9 Å². The molecule has 0 radical (unpaired) electrons. The van der Waals surface area contributed by atoms with Crippen LogP contribution in [0.3, 0.4) is 0 Å². The average Bonchev–Trinajstić information content (AvgIpc) is 3.18. The van der Waals surface area contributed by atoms with Gasteiger partial charge in [0, 0.05) is 25.4 Å². The number of aliphatic hydroxyl groups excluding tert-OH is 1. The van der Waals surface area contributed by atoms with Gasteiger partial charge in [0.05, 0.1) is 37.3 Å². The minimum absolute atomic E-state index is 0.0581. The van der Waals surface area contributed by atoms with Crippen LogP contribution in [0.15, 0.2) is 23.1 Å². The van der Waals surface area contributed by atoms with Gasteiger partial charge in [0.1, 0.15) is 5.56 Å². The maximum Gasteiger partial charge on any atom is 0.257 e. The van der Waals surface area contributed by atoms with Crippen molar-refractivity contribution in [1.82, 2.24) is 15.2 Å². The van der Waals surface area contributed by atoms with Gasteiger partial charge in [0.25, 0.3) is 5.91 Å². The average molecular weight is 405 g/mol. The molecule has 2 heterocycles. The molecule has 3 rings (SSSR count). The number of benzene rings is 1. The Balaban J connectivity index is 1.71. The summed E-state index contributed by atoms with van der Waals surface area (Å²) in [5, 5.41) is 14.0. The molecule has 0 spiro atoms. The zero-order chi connectivity index (χ0) is 20.8. The van der Waals surface area contributed by atoms with Crippen LogP contribution in [0.4, 0.5) is 0 Å². The first-order valence-corrected chi connectivity index (χ1v) is 9.25. The number of fused-ring (bicyclic) bond motifs is 2. The predicted octanol–water partition coefficient (Wildman–Crippen LogP) is -0.395. The highest BCUT2D eigenvalue weighted by Crippen LogP contribution is 2.35. The smallest absolute Gasteiger partial charge is 0.257 e. The van der Waals surface area contributed by atoms with Crippen molar-refractivity contribution in [3.8, 4) is 11.5 Å². The Kier molecular flexibility index (Phi) is 6.68. The summed E-state index contributed by atoms with van der Waals surface area (Å²) in [6.07, 6.45) is 1.48. The van der Waals surface area contributed by atoms with E-state index in [9.17, 15) is 14.4 Å². The third-order valence-electron chi connectivity index (χ3n) is 4.37. The number of carbonyl (C=O) groups excluding carboxylic acids is 2. The SMILES string of the molecule is CCn1cc(C(=O)NCC(=O)NCCOCCO)c(=O)c2cc3c(cc21)OCO3. The third kappa shape index (κ3) is 4.66. The summed E-state index contributed by atoms with van der Waals surface area (Å²) in [5.74, 6) is -0.0390. The quantitative estimate of drug-likeness (QED) is 0.485. The Hall–Kier alpha value is -3.11. The number of aryl methyl sites for hydroxylation is 1. The van der Waals surface area contributed by atoms with Crippen molar-refractivity contribution in [3.05, 3.63) is 34.1 Å². The van der Waals surface area contributed by atoms with E-state index in [-0.39, 0.29) is 45.3 Å². The first-order chi connectivity index (χ1) is 14.0. The number of aliphatic hydroxyl groups is 1. The molecule has 0 bridgehead atoms. The van der Waals surface area contributed by atoms with Gasteiger partial charge in [-0.2, -0.15) is 0 Å². The van der Waals surface area contributed by atoms with E-state index >= 15 is 0 Å². The molecule has 0 saturated carbocycles. The minimum Gasteiger partial charge on any atom is -0.454 e. The van der Waals surface area contributed by atoms with E-state index in [2.05, 4.69) is 10.6 Å². The molecule has 10 heteroatoms. The molecule has 0 aliphatic carbocycles. The second kappa shape index (κ2) is 9.39. The molecule has 1 aromatic carbocycles. The molecule has 0 unspecified atom stereocenters. The lowest BCUT2D eigenvalue weighted by Crippen LogP contribution is -2.39. The highest BCUT2D eigenvalue weighted by atomic mass is 16.7. The number of nitrogens with one attached hydrogen (secondary N) is 2. The molecule has 0 saturated heterocycles. The molecule has 0 fully saturated rings. The number of ether oxygens (including phenoxy) is 3. The minimum atomic E-state index is -0.636. The summed E-state index contributed by atoms with van der Waals surface area (Å²) in [7, 11) is 0. The normalized spacial score (nSPS) is 12.2. The summed E-state index contributed by atoms with van der Waals surface area (Å²) >= 11 is 0. The van der Waals surface area contributed by atoms with Crippen LogP contribution in [0.5, 0.6) is 11.5 Å². The number of rotatable bonds is 9. The molecular weight excluding hydrogens is 382 g/mol. The Labute approximate surface area is 166 Å². The lowest BCUT2D eigenvalue weighted by molar-refractivity contribution is -0.120. The van der Waals surface area contributed by atoms with Gasteiger partial charge < -0.3 is 34.5 Å². The fourth-order valence-electron chi connectivity index (χ4n) is 2.95. The van der Waals surface area contributed by atoms with E-state index in [1.807, 2.05) is 6.92 Å². The summed E-state index contributed by atoms with van der Waals surface area (Å²) in [5.41, 5.74) is 0.134. The standard InChI is InChI=1S/C19H23N3O7/c1-2-22-10-13(19(26)21-9-17(24)20-3-5-27-6-4-23)18(25)12-7-15-16(8-14(12)22)29-11-28-15/h7-8,10,23H,2-6,9,11H2,1H3,(H,20,24)(H,21,26). The van der Waals surface area contributed by atoms with E-state index in [4.69, 9.17) is 19.3 Å². The number of nitrogens with zero attached hydrogens (tertiary/aromatic N) is 1. The van der Waals surface area contributed by atoms with Crippen LogP contribution in [0.25, 0.3) is 10.9 Å². The second-order valence-corrected chi connectivity index (χ2v) is 6.25. The Morgan fingerprint density at radius 2 is 1.97 bits per heavy atom. The molecule has 29 heavy (non-hydrogen) atoms. The molecule has 0 atom stereocenters. The van der Waals surface area contributed by atoms with Gasteiger partial charge in [-0.25, -0.2) is 0 Å². The topological polar surface area (TPSA) is 128 Å². The van der Waals surface area contributed by atoms with Gasteiger partial charge in [0.15, 0.2) is 11.5 Å². The fraction of sp³-hybridized carbons (Fsp3) is 0.421. The molecule has 10 nitrogen and oxygen atoms in total. The molecule has 2 aromatic rings. The van der Waals surface area contributed by atoms with E-state index in [1.54, 1.807) is 16.7 Å². The van der Waals surface area contributed by atoms with Crippen LogP contribution in [0.2, 0.25) is 0 Å². The van der Waals surface area contributed by atoms with E-state index < -0.39 is 17.2 Å². The summed E-state index contributed by atoms with van der Waals surface area (Å²) in [6.45, 7) is 2.84. The van der Waals surface area contributed by atoms with Crippen molar-refractivity contribution in [3.63, 3.8) is 0 Å². The van der Waals surface area contributed by atoms with Gasteiger partial charge in [0.2, 0.25) is 18.1 Å². The van der Waals surface area contributed by atoms with Crippen LogP contribution in [0.1, 0.15) is 17.3 Å². The molecule has 1 aliphatic rings. The summed E-state index contributed by atoms with van der Waals surface area (Å²) < 4.78 is 17.5. The Bertz CT molecular complexity index is 970. The van der Waals surface area contributed by atoms with Crippen molar-refractivity contribution in [1.29, 1.82) is 0 Å². The Morgan fingerprint density at radius 1 is 1.21 bits per heavy atom. The van der Waals surface area contributed by atoms with Gasteiger partial charge in [-0.1, -0.05) is 0 Å². The van der Waals surface area contributed by atoms with Crippen molar-refractivity contribution >= 4 is 22.7 Å². The maximum atomic E-state index is 12.8. The van der Waals surface area contributed by atoms with Gasteiger partial charge >= 0.3 is 0 Å². The monoisotopic (exact) mass is 405 g/mol. The molecule has 1 aromatic heterocycles. The van der Waals surface area contributed by atoms with Crippen LogP contribution >= 0.6 is 0 Å². The van der Waals surface area contributed by atoms with Crippen LogP contribution in [-0.2, 0) is 16.1 Å². The Morgan fingerprint density at radius 3 is 2.69 bits per heavy atom. The second-order valence-electron chi connectivity index (χ2n) is 6.25. The van der Waals surface area contributed by atoms with E-state index in [0.717, 1.165) is 0 Å². The zero-order valence-corrected chi connectivity index (χ0v) is 16.0. The molecule has 2 amide bonds. The maximum absolute atomic E-state index is 12.8. The first kappa shape index (κ1) is 20.6. The number of hydrogen-bond acceptors (Lipinski definition) is 7. The third-order valence-corrected chi connectivity index (χ3v) is 4.37. The number of carbonyl (C=O) groups is 2. The number of aromatic nitrogens is 1. The summed E-state index contributed by atoms with van der Waals surface area (Å²) in [4.78, 5) is 37.2. The lowest BCUT2D eigenvalue weighted by atomic mass is 10.1. The van der Waals surface area contributed by atoms with Crippen molar-refractivity contribution in [2.75, 3.05) is 39.7 Å². The number of hydrogen-bond donors (Lipinski definition) is 3. The molecule has 156 valence electrons. The van der Waals surface area contributed by atoms with Gasteiger partial charge in [-0.15, -0.1) is 0 Å². The van der Waals surface area contributed by atoms with Gasteiger partial charge in [-0.3, -0.25) is 14.4 Å². The largest absolute Gasteiger partial charge is 0.454 e. The molecule has 1 aliphatic heterocycles. The van der Waals surface area contributed by atoms with Crippen molar-refractivity contribution < 1.29 is 28.9 Å². The van der Waals surface area contributed by atoms with Crippen molar-refractivity contribution in [2.45, 2.75) is 13.5 Å². The van der Waals surface area contributed by atoms with E-state index in [1.165, 1.54) is 6.20 Å². The lowest BCUT2D eigenvalue weighted by Gasteiger charge is -2.12. The predicted molar refractivity (Wildman–Crippen MR) is 103 cm³/mol. The van der Waals surface area contributed by atoms with Gasteiger partial charge in [-0.05, 0) is 13.0 Å².